The molecule has 1 atom stereocenters. The average molecular weight is 423 g/mol. The third-order valence-corrected chi connectivity index (χ3v) is 6.97. The molecule has 0 radical (unpaired) electrons. The summed E-state index contributed by atoms with van der Waals surface area (Å²) < 4.78 is 26.8. The molecule has 0 saturated carbocycles. The molecule has 0 aromatic heterocycles. The predicted octanol–water partition coefficient (Wildman–Crippen LogP) is 4.70. The first kappa shape index (κ1) is 21.6. The largest absolute Gasteiger partial charge is 0.345 e. The lowest BCUT2D eigenvalue weighted by atomic mass is 9.99. The zero-order valence-electron chi connectivity index (χ0n) is 17.4. The Balaban J connectivity index is 1.76. The van der Waals surface area contributed by atoms with Gasteiger partial charge >= 0.3 is 0 Å². The van der Waals surface area contributed by atoms with Crippen molar-refractivity contribution in [3.63, 3.8) is 0 Å². The minimum Gasteiger partial charge on any atom is -0.345 e. The van der Waals surface area contributed by atoms with Gasteiger partial charge in [-0.3, -0.25) is 9.10 Å². The van der Waals surface area contributed by atoms with Crippen molar-refractivity contribution in [2.24, 2.45) is 0 Å². The van der Waals surface area contributed by atoms with Crippen LogP contribution in [-0.2, 0) is 10.0 Å². The number of nitrogens with zero attached hydrogens (tertiary/aromatic N) is 1. The van der Waals surface area contributed by atoms with E-state index in [0.29, 0.717) is 11.3 Å². The number of hydrogen-bond donors (Lipinski definition) is 1. The third-order valence-electron chi connectivity index (χ3n) is 5.17. The molecule has 0 unspecified atom stereocenters. The molecular weight excluding hydrogens is 396 g/mol. The number of benzene rings is 3. The van der Waals surface area contributed by atoms with Crippen LogP contribution in [0.2, 0.25) is 0 Å². The van der Waals surface area contributed by atoms with Gasteiger partial charge in [0.1, 0.15) is 0 Å². The number of amides is 1. The van der Waals surface area contributed by atoms with E-state index in [1.54, 1.807) is 54.6 Å². The van der Waals surface area contributed by atoms with Crippen LogP contribution in [0.1, 0.15) is 40.9 Å². The fourth-order valence-corrected chi connectivity index (χ4v) is 4.55. The summed E-state index contributed by atoms with van der Waals surface area (Å²) in [6, 6.07) is 22.8. The molecule has 3 rings (SSSR count). The van der Waals surface area contributed by atoms with Crippen molar-refractivity contribution in [1.29, 1.82) is 0 Å². The van der Waals surface area contributed by atoms with Crippen molar-refractivity contribution in [3.05, 3.63) is 95.6 Å². The van der Waals surface area contributed by atoms with Gasteiger partial charge in [-0.05, 0) is 60.9 Å². The highest BCUT2D eigenvalue weighted by atomic mass is 32.2. The standard InChI is InChI=1S/C24H26N2O3S/c1-4-23(22-13-9-8-10-18(22)2)25-24(27)19-14-16-20(17-15-19)26(3)30(28,29)21-11-6-5-7-12-21/h5-17,23H,4H2,1-3H3,(H,25,27)/t23-/m1/s1. The molecule has 156 valence electrons. The Morgan fingerprint density at radius 2 is 1.53 bits per heavy atom. The van der Waals surface area contributed by atoms with Gasteiger partial charge in [-0.15, -0.1) is 0 Å². The summed E-state index contributed by atoms with van der Waals surface area (Å²) in [6.07, 6.45) is 0.771. The van der Waals surface area contributed by atoms with Crippen LogP contribution in [0, 0.1) is 6.92 Å². The Labute approximate surface area is 178 Å². The fraction of sp³-hybridized carbons (Fsp3) is 0.208. The quantitative estimate of drug-likeness (QED) is 0.600. The van der Waals surface area contributed by atoms with E-state index in [1.165, 1.54) is 11.4 Å². The Hall–Kier alpha value is -3.12. The maximum atomic E-state index is 12.8. The van der Waals surface area contributed by atoms with Gasteiger partial charge in [-0.2, -0.15) is 0 Å². The van der Waals surface area contributed by atoms with Crippen LogP contribution >= 0.6 is 0 Å². The lowest BCUT2D eigenvalue weighted by molar-refractivity contribution is 0.0935. The average Bonchev–Trinajstić information content (AvgIpc) is 2.78. The molecule has 0 bridgehead atoms. The first-order valence-electron chi connectivity index (χ1n) is 9.85. The van der Waals surface area contributed by atoms with Gasteiger partial charge in [-0.1, -0.05) is 49.4 Å². The van der Waals surface area contributed by atoms with E-state index < -0.39 is 10.0 Å². The maximum absolute atomic E-state index is 12.8. The molecule has 0 fully saturated rings. The van der Waals surface area contributed by atoms with Crippen LogP contribution < -0.4 is 9.62 Å². The van der Waals surface area contributed by atoms with Gasteiger partial charge in [0.2, 0.25) is 0 Å². The fourth-order valence-electron chi connectivity index (χ4n) is 3.33. The molecule has 1 amide bonds. The Morgan fingerprint density at radius 3 is 2.13 bits per heavy atom. The molecule has 0 aliphatic heterocycles. The number of nitrogens with one attached hydrogen (secondary N) is 1. The van der Waals surface area contributed by atoms with Crippen molar-refractivity contribution in [1.82, 2.24) is 5.32 Å². The molecule has 6 heteroatoms. The second kappa shape index (κ2) is 9.13. The summed E-state index contributed by atoms with van der Waals surface area (Å²) in [7, 11) is -2.15. The maximum Gasteiger partial charge on any atom is 0.264 e. The zero-order valence-corrected chi connectivity index (χ0v) is 18.2. The highest BCUT2D eigenvalue weighted by Crippen LogP contribution is 2.24. The van der Waals surface area contributed by atoms with E-state index in [2.05, 4.69) is 5.32 Å². The Morgan fingerprint density at radius 1 is 0.933 bits per heavy atom. The van der Waals surface area contributed by atoms with Crippen molar-refractivity contribution < 1.29 is 13.2 Å². The van der Waals surface area contributed by atoms with Crippen LogP contribution in [0.5, 0.6) is 0 Å². The normalized spacial score (nSPS) is 12.2. The number of rotatable bonds is 7. The van der Waals surface area contributed by atoms with E-state index in [4.69, 9.17) is 0 Å². The van der Waals surface area contributed by atoms with Gasteiger partial charge in [0.15, 0.2) is 0 Å². The molecule has 5 nitrogen and oxygen atoms in total. The number of carbonyl (C=O) groups is 1. The second-order valence-electron chi connectivity index (χ2n) is 7.12. The van der Waals surface area contributed by atoms with Gasteiger partial charge in [0, 0.05) is 12.6 Å². The van der Waals surface area contributed by atoms with Gasteiger partial charge in [0.05, 0.1) is 16.6 Å². The molecule has 1 N–H and O–H groups in total. The number of sulfonamides is 1. The molecule has 0 spiro atoms. The predicted molar refractivity (Wildman–Crippen MR) is 120 cm³/mol. The van der Waals surface area contributed by atoms with E-state index in [9.17, 15) is 13.2 Å². The summed E-state index contributed by atoms with van der Waals surface area (Å²) in [6.45, 7) is 4.06. The van der Waals surface area contributed by atoms with Crippen molar-refractivity contribution in [2.45, 2.75) is 31.2 Å². The number of anilines is 1. The topological polar surface area (TPSA) is 66.5 Å². The summed E-state index contributed by atoms with van der Waals surface area (Å²) in [5.41, 5.74) is 3.20. The van der Waals surface area contributed by atoms with Gasteiger partial charge in [-0.25, -0.2) is 8.42 Å². The molecule has 0 aliphatic carbocycles. The van der Waals surface area contributed by atoms with Crippen LogP contribution in [0.25, 0.3) is 0 Å². The van der Waals surface area contributed by atoms with Gasteiger partial charge < -0.3 is 5.32 Å². The monoisotopic (exact) mass is 422 g/mol. The molecule has 30 heavy (non-hydrogen) atoms. The minimum absolute atomic E-state index is 0.0838. The van der Waals surface area contributed by atoms with Crippen LogP contribution in [0.3, 0.4) is 0 Å². The molecular formula is C24H26N2O3S. The lowest BCUT2D eigenvalue weighted by Gasteiger charge is -2.21. The molecule has 0 heterocycles. The second-order valence-corrected chi connectivity index (χ2v) is 9.09. The van der Waals surface area contributed by atoms with E-state index in [-0.39, 0.29) is 16.8 Å². The van der Waals surface area contributed by atoms with Crippen LogP contribution in [0.4, 0.5) is 5.69 Å². The van der Waals surface area contributed by atoms with E-state index >= 15 is 0 Å². The number of carbonyl (C=O) groups excluding carboxylic acids is 1. The summed E-state index contributed by atoms with van der Waals surface area (Å²) >= 11 is 0. The smallest absolute Gasteiger partial charge is 0.264 e. The Kier molecular flexibility index (Phi) is 6.57. The molecule has 0 aliphatic rings. The Bertz CT molecular complexity index is 1110. The van der Waals surface area contributed by atoms with Crippen molar-refractivity contribution in [2.75, 3.05) is 11.4 Å². The zero-order chi connectivity index (χ0) is 21.7. The van der Waals surface area contributed by atoms with E-state index in [0.717, 1.165) is 17.5 Å². The summed E-state index contributed by atoms with van der Waals surface area (Å²) in [5, 5.41) is 3.07. The first-order valence-corrected chi connectivity index (χ1v) is 11.3. The molecule has 0 saturated heterocycles. The van der Waals surface area contributed by atoms with Crippen LogP contribution in [0.15, 0.2) is 83.8 Å². The summed E-state index contributed by atoms with van der Waals surface area (Å²) in [5.74, 6) is -0.190. The third kappa shape index (κ3) is 4.54. The molecule has 3 aromatic rings. The number of hydrogen-bond acceptors (Lipinski definition) is 3. The summed E-state index contributed by atoms with van der Waals surface area (Å²) in [4.78, 5) is 13.0. The van der Waals surface area contributed by atoms with Crippen molar-refractivity contribution in [3.8, 4) is 0 Å². The SMILES string of the molecule is CC[C@@H](NC(=O)c1ccc(N(C)S(=O)(=O)c2ccccc2)cc1)c1ccccc1C. The number of aryl methyl sites for hydroxylation is 1. The highest BCUT2D eigenvalue weighted by Gasteiger charge is 2.21. The lowest BCUT2D eigenvalue weighted by Crippen LogP contribution is -2.29. The molecule has 3 aromatic carbocycles. The minimum atomic E-state index is -3.66. The first-order chi connectivity index (χ1) is 14.3. The van der Waals surface area contributed by atoms with Gasteiger partial charge in [0.25, 0.3) is 15.9 Å². The van der Waals surface area contributed by atoms with Crippen LogP contribution in [-0.4, -0.2) is 21.4 Å². The highest BCUT2D eigenvalue weighted by molar-refractivity contribution is 7.92. The van der Waals surface area contributed by atoms with E-state index in [1.807, 2.05) is 38.1 Å². The van der Waals surface area contributed by atoms with Crippen molar-refractivity contribution >= 4 is 21.6 Å².